The van der Waals surface area contributed by atoms with Crippen LogP contribution in [0.1, 0.15) is 38.3 Å². The van der Waals surface area contributed by atoms with E-state index in [-0.39, 0.29) is 18.2 Å². The Bertz CT molecular complexity index is 1180. The Hall–Kier alpha value is -3.76. The van der Waals surface area contributed by atoms with E-state index in [9.17, 15) is 18.4 Å². The standard InChI is InChI=1S/C22H24F2N6O3/c1-3-33-21(31)13(2)26-22(32)27-17-12-25-30-10-8-19(28-20(17)30)29-9-4-5-18(29)15-11-14(23)6-7-16(15)24/h6-8,10-13,18H,3-5,9H2,1-2H3,(H2,26,27,32)/t13-,18+/m0/s1. The lowest BCUT2D eigenvalue weighted by atomic mass is 10.0. The number of aromatic nitrogens is 3. The van der Waals surface area contributed by atoms with Gasteiger partial charge in [-0.05, 0) is 51.0 Å². The van der Waals surface area contributed by atoms with Crippen LogP contribution in [-0.2, 0) is 9.53 Å². The van der Waals surface area contributed by atoms with Crippen molar-refractivity contribution in [1.82, 2.24) is 19.9 Å². The van der Waals surface area contributed by atoms with Crippen LogP contribution in [0.3, 0.4) is 0 Å². The third kappa shape index (κ3) is 4.71. The number of nitrogens with one attached hydrogen (secondary N) is 2. The predicted molar refractivity (Wildman–Crippen MR) is 117 cm³/mol. The van der Waals surface area contributed by atoms with E-state index in [0.717, 1.165) is 18.6 Å². The molecule has 1 aromatic carbocycles. The number of amides is 2. The number of urea groups is 1. The molecule has 11 heteroatoms. The molecule has 2 N–H and O–H groups in total. The number of anilines is 2. The Kier molecular flexibility index (Phi) is 6.38. The van der Waals surface area contributed by atoms with Crippen molar-refractivity contribution in [2.24, 2.45) is 0 Å². The monoisotopic (exact) mass is 458 g/mol. The summed E-state index contributed by atoms with van der Waals surface area (Å²) in [5, 5.41) is 9.32. The van der Waals surface area contributed by atoms with Crippen LogP contribution in [0.25, 0.3) is 5.65 Å². The highest BCUT2D eigenvalue weighted by atomic mass is 19.1. The zero-order chi connectivity index (χ0) is 23.5. The van der Waals surface area contributed by atoms with Crippen molar-refractivity contribution in [2.75, 3.05) is 23.4 Å². The fourth-order valence-electron chi connectivity index (χ4n) is 3.92. The third-order valence-corrected chi connectivity index (χ3v) is 5.45. The molecule has 3 aromatic rings. The fourth-order valence-corrected chi connectivity index (χ4v) is 3.92. The number of nitrogens with zero attached hydrogens (tertiary/aromatic N) is 4. The van der Waals surface area contributed by atoms with Gasteiger partial charge < -0.3 is 20.3 Å². The van der Waals surface area contributed by atoms with Gasteiger partial charge in [0, 0.05) is 18.3 Å². The van der Waals surface area contributed by atoms with Crippen molar-refractivity contribution < 1.29 is 23.1 Å². The molecule has 4 rings (SSSR count). The maximum atomic E-state index is 14.4. The highest BCUT2D eigenvalue weighted by molar-refractivity contribution is 5.95. The molecule has 0 aliphatic carbocycles. The summed E-state index contributed by atoms with van der Waals surface area (Å²) in [6.07, 6.45) is 4.57. The molecule has 2 atom stereocenters. The van der Waals surface area contributed by atoms with Crippen molar-refractivity contribution in [3.63, 3.8) is 0 Å². The maximum Gasteiger partial charge on any atom is 0.328 e. The molecule has 1 aliphatic rings. The van der Waals surface area contributed by atoms with Gasteiger partial charge in [0.15, 0.2) is 5.65 Å². The fraction of sp³-hybridized carbons (Fsp3) is 0.364. The van der Waals surface area contributed by atoms with Crippen molar-refractivity contribution in [1.29, 1.82) is 0 Å². The van der Waals surface area contributed by atoms with Crippen LogP contribution in [0.15, 0.2) is 36.7 Å². The minimum absolute atomic E-state index is 0.213. The van der Waals surface area contributed by atoms with Crippen molar-refractivity contribution in [3.8, 4) is 0 Å². The minimum atomic E-state index is -0.832. The Morgan fingerprint density at radius 1 is 1.30 bits per heavy atom. The lowest BCUT2D eigenvalue weighted by molar-refractivity contribution is -0.144. The number of carbonyl (C=O) groups excluding carboxylic acids is 2. The normalized spacial score (nSPS) is 16.6. The van der Waals surface area contributed by atoms with Gasteiger partial charge in [0.2, 0.25) is 0 Å². The zero-order valence-corrected chi connectivity index (χ0v) is 18.2. The van der Waals surface area contributed by atoms with Gasteiger partial charge in [0.1, 0.15) is 29.2 Å². The second-order valence-electron chi connectivity index (χ2n) is 7.70. The number of esters is 1. The molecule has 2 amide bonds. The summed E-state index contributed by atoms with van der Waals surface area (Å²) in [5.74, 6) is -0.949. The molecular formula is C22H24F2N6O3. The van der Waals surface area contributed by atoms with Gasteiger partial charge in [0.05, 0.1) is 18.8 Å². The van der Waals surface area contributed by atoms with Gasteiger partial charge in [0.25, 0.3) is 0 Å². The van der Waals surface area contributed by atoms with Crippen molar-refractivity contribution in [2.45, 2.75) is 38.8 Å². The zero-order valence-electron chi connectivity index (χ0n) is 18.2. The van der Waals surface area contributed by atoms with Crippen LogP contribution in [0.5, 0.6) is 0 Å². The predicted octanol–water partition coefficient (Wildman–Crippen LogP) is 3.42. The number of hydrogen-bond donors (Lipinski definition) is 2. The van der Waals surface area contributed by atoms with E-state index in [0.29, 0.717) is 30.1 Å². The number of benzene rings is 1. The first-order valence-corrected chi connectivity index (χ1v) is 10.7. The largest absolute Gasteiger partial charge is 0.464 e. The van der Waals surface area contributed by atoms with Crippen LogP contribution >= 0.6 is 0 Å². The quantitative estimate of drug-likeness (QED) is 0.549. The molecule has 0 saturated carbocycles. The molecule has 1 aliphatic heterocycles. The molecule has 1 saturated heterocycles. The first-order valence-electron chi connectivity index (χ1n) is 10.7. The van der Waals surface area contributed by atoms with Crippen LogP contribution < -0.4 is 15.5 Å². The molecule has 0 bridgehead atoms. The Balaban J connectivity index is 1.56. The second-order valence-corrected chi connectivity index (χ2v) is 7.70. The van der Waals surface area contributed by atoms with Gasteiger partial charge in [-0.2, -0.15) is 5.10 Å². The molecule has 3 heterocycles. The summed E-state index contributed by atoms with van der Waals surface area (Å²) in [6, 6.07) is 3.39. The summed E-state index contributed by atoms with van der Waals surface area (Å²) < 4.78 is 34.5. The molecule has 1 fully saturated rings. The molecule has 33 heavy (non-hydrogen) atoms. The van der Waals surface area contributed by atoms with Crippen molar-refractivity contribution in [3.05, 3.63) is 53.9 Å². The summed E-state index contributed by atoms with van der Waals surface area (Å²) in [7, 11) is 0. The van der Waals surface area contributed by atoms with Crippen LogP contribution in [-0.4, -0.2) is 45.8 Å². The van der Waals surface area contributed by atoms with E-state index in [1.54, 1.807) is 19.2 Å². The number of halogens is 2. The number of ether oxygens (including phenoxy) is 1. The lowest BCUT2D eigenvalue weighted by Crippen LogP contribution is -2.41. The maximum absolute atomic E-state index is 14.4. The van der Waals surface area contributed by atoms with Crippen LogP contribution in [0, 0.1) is 11.6 Å². The van der Waals surface area contributed by atoms with Gasteiger partial charge in [-0.15, -0.1) is 0 Å². The SMILES string of the molecule is CCOC(=O)[C@H](C)NC(=O)Nc1cnn2ccc(N3CCC[C@@H]3c3cc(F)ccc3F)nc12. The van der Waals surface area contributed by atoms with Crippen LogP contribution in [0.4, 0.5) is 25.1 Å². The Morgan fingerprint density at radius 3 is 2.91 bits per heavy atom. The molecule has 174 valence electrons. The van der Waals surface area contributed by atoms with E-state index in [4.69, 9.17) is 4.74 Å². The first kappa shape index (κ1) is 22.4. The highest BCUT2D eigenvalue weighted by Crippen LogP contribution is 2.37. The van der Waals surface area contributed by atoms with Gasteiger partial charge >= 0.3 is 12.0 Å². The lowest BCUT2D eigenvalue weighted by Gasteiger charge is -2.26. The summed E-state index contributed by atoms with van der Waals surface area (Å²) in [4.78, 5) is 30.6. The van der Waals surface area contributed by atoms with Gasteiger partial charge in [-0.25, -0.2) is 27.9 Å². The summed E-state index contributed by atoms with van der Waals surface area (Å²) in [6.45, 7) is 4.03. The number of carbonyl (C=O) groups is 2. The molecule has 2 aromatic heterocycles. The van der Waals surface area contributed by atoms with Gasteiger partial charge in [-0.1, -0.05) is 0 Å². The summed E-state index contributed by atoms with van der Waals surface area (Å²) >= 11 is 0. The Morgan fingerprint density at radius 2 is 2.12 bits per heavy atom. The molecule has 0 spiro atoms. The van der Waals surface area contributed by atoms with E-state index >= 15 is 0 Å². The number of rotatable bonds is 6. The second kappa shape index (κ2) is 9.39. The van der Waals surface area contributed by atoms with E-state index in [2.05, 4.69) is 20.7 Å². The molecule has 0 radical (unpaired) electrons. The summed E-state index contributed by atoms with van der Waals surface area (Å²) in [5.41, 5.74) is 0.989. The van der Waals surface area contributed by atoms with Gasteiger partial charge in [-0.3, -0.25) is 0 Å². The van der Waals surface area contributed by atoms with E-state index < -0.39 is 29.7 Å². The molecular weight excluding hydrogens is 434 g/mol. The topological polar surface area (TPSA) is 101 Å². The number of hydrogen-bond acceptors (Lipinski definition) is 6. The number of fused-ring (bicyclic) bond motifs is 1. The first-order chi connectivity index (χ1) is 15.9. The van der Waals surface area contributed by atoms with E-state index in [1.165, 1.54) is 23.7 Å². The van der Waals surface area contributed by atoms with Crippen molar-refractivity contribution >= 4 is 29.2 Å². The van der Waals surface area contributed by atoms with E-state index in [1.807, 2.05) is 4.90 Å². The molecule has 0 unspecified atom stereocenters. The smallest absolute Gasteiger partial charge is 0.328 e. The third-order valence-electron chi connectivity index (χ3n) is 5.45. The Labute approximate surface area is 188 Å². The van der Waals surface area contributed by atoms with Crippen LogP contribution in [0.2, 0.25) is 0 Å². The molecule has 9 nitrogen and oxygen atoms in total. The average Bonchev–Trinajstić information content (AvgIpc) is 3.42. The minimum Gasteiger partial charge on any atom is -0.464 e. The average molecular weight is 458 g/mol. The highest BCUT2D eigenvalue weighted by Gasteiger charge is 2.30.